The monoisotopic (exact) mass is 432 g/mol. The molecule has 2 rings (SSSR count). The predicted molar refractivity (Wildman–Crippen MR) is 101 cm³/mol. The molecule has 6 nitrogen and oxygen atoms in total. The highest BCUT2D eigenvalue weighted by Gasteiger charge is 2.30. The fourth-order valence-electron chi connectivity index (χ4n) is 2.85. The second-order valence-electron chi connectivity index (χ2n) is 6.19. The first-order valence-corrected chi connectivity index (χ1v) is 10.8. The molecule has 25 heavy (non-hydrogen) atoms. The number of hydrogen-bond acceptors (Lipinski definition) is 4. The first-order chi connectivity index (χ1) is 11.9. The molecule has 1 heterocycles. The second-order valence-corrected chi connectivity index (χ2v) is 9.08. The van der Waals surface area contributed by atoms with E-state index >= 15 is 0 Å². The quantitative estimate of drug-likeness (QED) is 0.638. The maximum absolute atomic E-state index is 12.6. The Bertz CT molecular complexity index is 656. The van der Waals surface area contributed by atoms with E-state index in [1.807, 2.05) is 24.3 Å². The Morgan fingerprint density at radius 2 is 1.92 bits per heavy atom. The van der Waals surface area contributed by atoms with E-state index in [2.05, 4.69) is 21.2 Å². The molecule has 1 amide bonds. The van der Waals surface area contributed by atoms with Crippen molar-refractivity contribution in [3.05, 3.63) is 34.3 Å². The topological polar surface area (TPSA) is 75.7 Å². The molecule has 0 atom stereocenters. The van der Waals surface area contributed by atoms with Crippen LogP contribution in [0.25, 0.3) is 0 Å². The molecule has 1 N–H and O–H groups in total. The van der Waals surface area contributed by atoms with Crippen molar-refractivity contribution in [2.45, 2.75) is 25.0 Å². The van der Waals surface area contributed by atoms with Gasteiger partial charge in [-0.1, -0.05) is 28.1 Å². The number of benzene rings is 1. The SMILES string of the molecule is COCCCNC(=O)C1CCN(S(=O)(=O)Cc2ccc(Br)cc2)CC1. The Hall–Kier alpha value is -0.960. The van der Waals surface area contributed by atoms with E-state index in [-0.39, 0.29) is 17.6 Å². The van der Waals surface area contributed by atoms with E-state index < -0.39 is 10.0 Å². The zero-order chi connectivity index (χ0) is 18.3. The van der Waals surface area contributed by atoms with Crippen LogP contribution in [0.2, 0.25) is 0 Å². The smallest absolute Gasteiger partial charge is 0.223 e. The summed E-state index contributed by atoms with van der Waals surface area (Å²) < 4.78 is 32.5. The molecule has 0 radical (unpaired) electrons. The minimum absolute atomic E-state index is 0.00579. The molecule has 1 aromatic carbocycles. The number of halogens is 1. The van der Waals surface area contributed by atoms with Gasteiger partial charge in [0.25, 0.3) is 0 Å². The van der Waals surface area contributed by atoms with Gasteiger partial charge in [-0.3, -0.25) is 4.79 Å². The minimum Gasteiger partial charge on any atom is -0.385 e. The highest BCUT2D eigenvalue weighted by Crippen LogP contribution is 2.22. The molecule has 0 saturated carbocycles. The third-order valence-electron chi connectivity index (χ3n) is 4.30. The molecule has 8 heteroatoms. The molecule has 1 aliphatic heterocycles. The van der Waals surface area contributed by atoms with Gasteiger partial charge in [-0.2, -0.15) is 0 Å². The largest absolute Gasteiger partial charge is 0.385 e. The summed E-state index contributed by atoms with van der Waals surface area (Å²) in [6.45, 7) is 2.01. The van der Waals surface area contributed by atoms with Gasteiger partial charge in [0.15, 0.2) is 0 Å². The maximum atomic E-state index is 12.6. The number of methoxy groups -OCH3 is 1. The number of hydrogen-bond donors (Lipinski definition) is 1. The summed E-state index contributed by atoms with van der Waals surface area (Å²) in [7, 11) is -1.72. The first-order valence-electron chi connectivity index (χ1n) is 8.41. The number of piperidine rings is 1. The maximum Gasteiger partial charge on any atom is 0.223 e. The Morgan fingerprint density at radius 3 is 2.52 bits per heavy atom. The van der Waals surface area contributed by atoms with Gasteiger partial charge in [-0.05, 0) is 37.0 Å². The number of amides is 1. The first kappa shape index (κ1) is 20.4. The number of carbonyl (C=O) groups excluding carboxylic acids is 1. The average molecular weight is 433 g/mol. The lowest BCUT2D eigenvalue weighted by molar-refractivity contribution is -0.126. The number of sulfonamides is 1. The number of nitrogens with zero attached hydrogens (tertiary/aromatic N) is 1. The van der Waals surface area contributed by atoms with E-state index in [1.165, 1.54) is 4.31 Å². The van der Waals surface area contributed by atoms with E-state index in [4.69, 9.17) is 4.74 Å². The van der Waals surface area contributed by atoms with Gasteiger partial charge in [0, 0.05) is 43.7 Å². The fraction of sp³-hybridized carbons (Fsp3) is 0.588. The molecule has 1 aromatic rings. The summed E-state index contributed by atoms with van der Waals surface area (Å²) in [5.41, 5.74) is 0.765. The summed E-state index contributed by atoms with van der Waals surface area (Å²) in [6.07, 6.45) is 1.91. The van der Waals surface area contributed by atoms with Crippen molar-refractivity contribution in [2.24, 2.45) is 5.92 Å². The summed E-state index contributed by atoms with van der Waals surface area (Å²) in [5.74, 6) is -0.100. The molecular weight excluding hydrogens is 408 g/mol. The highest BCUT2D eigenvalue weighted by molar-refractivity contribution is 9.10. The average Bonchev–Trinajstić information content (AvgIpc) is 2.60. The van der Waals surface area contributed by atoms with Crippen LogP contribution in [0.3, 0.4) is 0 Å². The van der Waals surface area contributed by atoms with Crippen LogP contribution in [-0.2, 0) is 25.3 Å². The Balaban J connectivity index is 1.82. The molecular formula is C17H25BrN2O4S. The Morgan fingerprint density at radius 1 is 1.28 bits per heavy atom. The second kappa shape index (κ2) is 9.66. The van der Waals surface area contributed by atoms with Crippen molar-refractivity contribution < 1.29 is 17.9 Å². The van der Waals surface area contributed by atoms with Crippen molar-refractivity contribution in [1.82, 2.24) is 9.62 Å². The standard InChI is InChI=1S/C17H25BrN2O4S/c1-24-12-2-9-19-17(21)15-7-10-20(11-8-15)25(22,23)13-14-3-5-16(18)6-4-14/h3-6,15H,2,7-13H2,1H3,(H,19,21). The van der Waals surface area contributed by atoms with E-state index in [0.29, 0.717) is 39.1 Å². The summed E-state index contributed by atoms with van der Waals surface area (Å²) >= 11 is 3.34. The van der Waals surface area contributed by atoms with Gasteiger partial charge in [0.05, 0.1) is 5.75 Å². The van der Waals surface area contributed by atoms with Gasteiger partial charge in [0.1, 0.15) is 0 Å². The summed E-state index contributed by atoms with van der Waals surface area (Å²) in [5, 5.41) is 2.89. The number of ether oxygens (including phenoxy) is 1. The lowest BCUT2D eigenvalue weighted by Crippen LogP contribution is -2.43. The Labute approximate surface area is 158 Å². The third-order valence-corrected chi connectivity index (χ3v) is 6.68. The number of nitrogens with one attached hydrogen (secondary N) is 1. The predicted octanol–water partition coefficient (Wildman–Crippen LogP) is 2.14. The minimum atomic E-state index is -3.35. The molecule has 1 fully saturated rings. The molecule has 0 unspecified atom stereocenters. The van der Waals surface area contributed by atoms with Gasteiger partial charge < -0.3 is 10.1 Å². The number of rotatable bonds is 8. The molecule has 1 aliphatic rings. The zero-order valence-electron chi connectivity index (χ0n) is 14.4. The van der Waals surface area contributed by atoms with Gasteiger partial charge >= 0.3 is 0 Å². The van der Waals surface area contributed by atoms with Crippen molar-refractivity contribution in [3.63, 3.8) is 0 Å². The van der Waals surface area contributed by atoms with Crippen LogP contribution in [0, 0.1) is 5.92 Å². The van der Waals surface area contributed by atoms with Crippen LogP contribution in [0.15, 0.2) is 28.7 Å². The molecule has 140 valence electrons. The van der Waals surface area contributed by atoms with Crippen molar-refractivity contribution in [1.29, 1.82) is 0 Å². The van der Waals surface area contributed by atoms with E-state index in [0.717, 1.165) is 16.5 Å². The van der Waals surface area contributed by atoms with Gasteiger partial charge in [-0.15, -0.1) is 0 Å². The lowest BCUT2D eigenvalue weighted by atomic mass is 9.97. The molecule has 0 aromatic heterocycles. The van der Waals surface area contributed by atoms with Gasteiger partial charge in [0.2, 0.25) is 15.9 Å². The van der Waals surface area contributed by atoms with Crippen molar-refractivity contribution >= 4 is 31.9 Å². The third kappa shape index (κ3) is 6.36. The van der Waals surface area contributed by atoms with Crippen molar-refractivity contribution in [3.8, 4) is 0 Å². The van der Waals surface area contributed by atoms with Crippen LogP contribution in [-0.4, -0.2) is 52.0 Å². The van der Waals surface area contributed by atoms with E-state index in [1.54, 1.807) is 7.11 Å². The van der Waals surface area contributed by atoms with E-state index in [9.17, 15) is 13.2 Å². The fourth-order valence-corrected chi connectivity index (χ4v) is 4.68. The highest BCUT2D eigenvalue weighted by atomic mass is 79.9. The molecule has 0 aliphatic carbocycles. The molecule has 1 saturated heterocycles. The lowest BCUT2D eigenvalue weighted by Gasteiger charge is -2.30. The van der Waals surface area contributed by atoms with Crippen molar-refractivity contribution in [2.75, 3.05) is 33.4 Å². The van der Waals surface area contributed by atoms with Crippen LogP contribution in [0.1, 0.15) is 24.8 Å². The zero-order valence-corrected chi connectivity index (χ0v) is 16.8. The van der Waals surface area contributed by atoms with Crippen LogP contribution >= 0.6 is 15.9 Å². The summed E-state index contributed by atoms with van der Waals surface area (Å²) in [4.78, 5) is 12.1. The van der Waals surface area contributed by atoms with Crippen LogP contribution in [0.5, 0.6) is 0 Å². The van der Waals surface area contributed by atoms with Crippen LogP contribution < -0.4 is 5.32 Å². The molecule has 0 spiro atoms. The van der Waals surface area contributed by atoms with Crippen LogP contribution in [0.4, 0.5) is 0 Å². The Kier molecular flexibility index (Phi) is 7.86. The summed E-state index contributed by atoms with van der Waals surface area (Å²) in [6, 6.07) is 7.29. The van der Waals surface area contributed by atoms with Gasteiger partial charge in [-0.25, -0.2) is 12.7 Å². The number of carbonyl (C=O) groups is 1. The molecule has 0 bridgehead atoms. The normalized spacial score (nSPS) is 16.7.